The number of carbonyl (C=O) groups excluding carboxylic acids is 1. The molecule has 28 heavy (non-hydrogen) atoms. The molecule has 0 bridgehead atoms. The van der Waals surface area contributed by atoms with Gasteiger partial charge in [-0.2, -0.15) is 23.4 Å². The normalized spacial score (nSPS) is 12.0. The number of halogens is 3. The van der Waals surface area contributed by atoms with Crippen molar-refractivity contribution >= 4 is 16.9 Å². The maximum absolute atomic E-state index is 13.4. The number of nitrogens with one attached hydrogen (secondary N) is 1. The van der Waals surface area contributed by atoms with E-state index in [9.17, 15) is 18.0 Å². The molecule has 3 aromatic rings. The first-order valence-electron chi connectivity index (χ1n) is 8.81. The molecule has 3 aromatic heterocycles. The average Bonchev–Trinajstić information content (AvgIpc) is 3.11. The smallest absolute Gasteiger partial charge is 0.350 e. The van der Waals surface area contributed by atoms with E-state index in [1.54, 1.807) is 4.68 Å². The number of rotatable bonds is 5. The summed E-state index contributed by atoms with van der Waals surface area (Å²) in [4.78, 5) is 16.5. The number of aryl methyl sites for hydroxylation is 4. The molecule has 150 valence electrons. The van der Waals surface area contributed by atoms with Crippen LogP contribution in [0.3, 0.4) is 0 Å². The predicted octanol–water partition coefficient (Wildman–Crippen LogP) is 2.91. The number of hydrogen-bond acceptors (Lipinski definition) is 4. The number of nitrogens with zero attached hydrogens (tertiary/aromatic N) is 5. The second-order valence-electron chi connectivity index (χ2n) is 6.62. The van der Waals surface area contributed by atoms with E-state index in [1.165, 1.54) is 18.5 Å². The summed E-state index contributed by atoms with van der Waals surface area (Å²) in [7, 11) is 0. The van der Waals surface area contributed by atoms with Crippen LogP contribution in [0, 0.1) is 20.8 Å². The lowest BCUT2D eigenvalue weighted by atomic mass is 10.1. The Bertz CT molecular complexity index is 1030. The third-order valence-electron chi connectivity index (χ3n) is 4.45. The molecule has 7 nitrogen and oxygen atoms in total. The Kier molecular flexibility index (Phi) is 5.14. The minimum atomic E-state index is -4.52. The maximum atomic E-state index is 13.4. The first-order chi connectivity index (χ1) is 13.1. The zero-order valence-corrected chi connectivity index (χ0v) is 16.1. The summed E-state index contributed by atoms with van der Waals surface area (Å²) in [6.07, 6.45) is -2.67. The molecule has 0 aliphatic carbocycles. The van der Waals surface area contributed by atoms with Gasteiger partial charge >= 0.3 is 6.18 Å². The molecule has 0 unspecified atom stereocenters. The fourth-order valence-corrected chi connectivity index (χ4v) is 3.09. The van der Waals surface area contributed by atoms with E-state index in [4.69, 9.17) is 0 Å². The highest BCUT2D eigenvalue weighted by Gasteiger charge is 2.35. The Balaban J connectivity index is 1.83. The van der Waals surface area contributed by atoms with Gasteiger partial charge in [0.2, 0.25) is 5.91 Å². The van der Waals surface area contributed by atoms with Gasteiger partial charge in [-0.15, -0.1) is 0 Å². The summed E-state index contributed by atoms with van der Waals surface area (Å²) < 4.78 is 43.1. The van der Waals surface area contributed by atoms with E-state index in [2.05, 4.69) is 20.5 Å². The highest BCUT2D eigenvalue weighted by molar-refractivity contribution is 5.85. The van der Waals surface area contributed by atoms with Crippen molar-refractivity contribution in [2.75, 3.05) is 0 Å². The van der Waals surface area contributed by atoms with Crippen molar-refractivity contribution in [3.05, 3.63) is 40.5 Å². The molecule has 3 heterocycles. The Morgan fingerprint density at radius 1 is 1.18 bits per heavy atom. The number of fused-ring (bicyclic) bond motifs is 1. The van der Waals surface area contributed by atoms with Crippen LogP contribution in [-0.2, 0) is 30.6 Å². The molecule has 0 saturated heterocycles. The van der Waals surface area contributed by atoms with Gasteiger partial charge in [0, 0.05) is 30.5 Å². The zero-order valence-electron chi connectivity index (χ0n) is 16.1. The fraction of sp³-hybridized carbons (Fsp3) is 0.444. The minimum Gasteiger partial charge on any atom is -0.350 e. The Morgan fingerprint density at radius 2 is 1.89 bits per heavy atom. The largest absolute Gasteiger partial charge is 0.417 e. The van der Waals surface area contributed by atoms with Crippen LogP contribution in [0.25, 0.3) is 11.0 Å². The van der Waals surface area contributed by atoms with Gasteiger partial charge in [0.1, 0.15) is 6.54 Å². The van der Waals surface area contributed by atoms with Crippen molar-refractivity contribution in [2.24, 2.45) is 0 Å². The first kappa shape index (κ1) is 19.8. The van der Waals surface area contributed by atoms with E-state index in [-0.39, 0.29) is 41.4 Å². The third-order valence-corrected chi connectivity index (χ3v) is 4.45. The van der Waals surface area contributed by atoms with Crippen LogP contribution >= 0.6 is 0 Å². The second kappa shape index (κ2) is 7.25. The monoisotopic (exact) mass is 394 g/mol. The van der Waals surface area contributed by atoms with Crippen molar-refractivity contribution < 1.29 is 18.0 Å². The van der Waals surface area contributed by atoms with Gasteiger partial charge in [-0.1, -0.05) is 0 Å². The number of alkyl halides is 3. The predicted molar refractivity (Wildman–Crippen MR) is 96.5 cm³/mol. The summed E-state index contributed by atoms with van der Waals surface area (Å²) in [5, 5.41) is 11.1. The third kappa shape index (κ3) is 3.85. The highest BCUT2D eigenvalue weighted by Crippen LogP contribution is 2.36. The first-order valence-corrected chi connectivity index (χ1v) is 8.81. The van der Waals surface area contributed by atoms with Crippen LogP contribution in [-0.4, -0.2) is 30.5 Å². The lowest BCUT2D eigenvalue weighted by Crippen LogP contribution is -2.27. The van der Waals surface area contributed by atoms with Gasteiger partial charge in [-0.25, -0.2) is 9.67 Å². The van der Waals surface area contributed by atoms with Crippen molar-refractivity contribution in [1.82, 2.24) is 29.9 Å². The maximum Gasteiger partial charge on any atom is 0.417 e. The van der Waals surface area contributed by atoms with E-state index < -0.39 is 11.7 Å². The number of amides is 1. The lowest BCUT2D eigenvalue weighted by molar-refractivity contribution is -0.136. The van der Waals surface area contributed by atoms with Gasteiger partial charge in [-0.3, -0.25) is 9.48 Å². The Hall–Kier alpha value is -2.91. The molecular weight excluding hydrogens is 373 g/mol. The van der Waals surface area contributed by atoms with Crippen LogP contribution in [0.2, 0.25) is 0 Å². The van der Waals surface area contributed by atoms with Crippen molar-refractivity contribution in [3.63, 3.8) is 0 Å². The molecule has 1 amide bonds. The molecule has 1 N–H and O–H groups in total. The zero-order chi connectivity index (χ0) is 20.6. The minimum absolute atomic E-state index is 0.0509. The van der Waals surface area contributed by atoms with Crippen LogP contribution in [0.15, 0.2) is 12.3 Å². The molecular formula is C18H21F3N6O. The van der Waals surface area contributed by atoms with E-state index in [0.717, 1.165) is 23.9 Å². The number of hydrogen-bond donors (Lipinski definition) is 1. The summed E-state index contributed by atoms with van der Waals surface area (Å²) in [5.74, 6) is -0.370. The fourth-order valence-electron chi connectivity index (χ4n) is 3.09. The molecule has 10 heteroatoms. The highest BCUT2D eigenvalue weighted by atomic mass is 19.4. The average molecular weight is 394 g/mol. The number of carbonyl (C=O) groups is 1. The molecule has 0 saturated carbocycles. The van der Waals surface area contributed by atoms with Crippen molar-refractivity contribution in [1.29, 1.82) is 0 Å². The molecule has 0 aliphatic rings. The number of aromatic nitrogens is 5. The topological polar surface area (TPSA) is 77.6 Å². The molecule has 0 aliphatic heterocycles. The molecule has 0 aromatic carbocycles. The van der Waals surface area contributed by atoms with Gasteiger partial charge < -0.3 is 5.32 Å². The summed E-state index contributed by atoms with van der Waals surface area (Å²) >= 11 is 0. The van der Waals surface area contributed by atoms with E-state index in [0.29, 0.717) is 0 Å². The standard InChI is InChI=1S/C18H21F3N6O/c1-5-26-8-13(11(3)24-26)7-22-15(28)9-27-17-16(12(4)25-27)14(18(19,20)21)6-10(2)23-17/h6,8H,5,7,9H2,1-4H3,(H,22,28). The summed E-state index contributed by atoms with van der Waals surface area (Å²) in [6.45, 7) is 7.55. The Labute approximate surface area is 159 Å². The summed E-state index contributed by atoms with van der Waals surface area (Å²) in [5.41, 5.74) is 1.35. The van der Waals surface area contributed by atoms with Crippen LogP contribution in [0.4, 0.5) is 13.2 Å². The van der Waals surface area contributed by atoms with Gasteiger partial charge in [0.05, 0.1) is 22.3 Å². The Morgan fingerprint density at radius 3 is 2.50 bits per heavy atom. The van der Waals surface area contributed by atoms with Gasteiger partial charge in [0.15, 0.2) is 5.65 Å². The molecule has 0 atom stereocenters. The molecule has 3 rings (SSSR count). The second-order valence-corrected chi connectivity index (χ2v) is 6.62. The van der Waals surface area contributed by atoms with Crippen LogP contribution < -0.4 is 5.32 Å². The molecule has 0 fully saturated rings. The number of pyridine rings is 1. The van der Waals surface area contributed by atoms with Crippen LogP contribution in [0.1, 0.15) is 35.1 Å². The van der Waals surface area contributed by atoms with E-state index >= 15 is 0 Å². The summed E-state index contributed by atoms with van der Waals surface area (Å²) in [6, 6.07) is 0.996. The SMILES string of the molecule is CCn1cc(CNC(=O)Cn2nc(C)c3c(C(F)(F)F)cc(C)nc32)c(C)n1. The molecule has 0 radical (unpaired) electrons. The van der Waals surface area contributed by atoms with Gasteiger partial charge in [0.25, 0.3) is 0 Å². The lowest BCUT2D eigenvalue weighted by Gasteiger charge is -2.10. The van der Waals surface area contributed by atoms with E-state index in [1.807, 2.05) is 20.0 Å². The van der Waals surface area contributed by atoms with Crippen molar-refractivity contribution in [3.8, 4) is 0 Å². The van der Waals surface area contributed by atoms with Crippen molar-refractivity contribution in [2.45, 2.75) is 53.5 Å². The van der Waals surface area contributed by atoms with Gasteiger partial charge in [-0.05, 0) is 33.8 Å². The molecule has 0 spiro atoms. The quantitative estimate of drug-likeness (QED) is 0.722. The van der Waals surface area contributed by atoms with Crippen LogP contribution in [0.5, 0.6) is 0 Å².